The van der Waals surface area contributed by atoms with E-state index in [1.165, 1.54) is 37.0 Å². The lowest BCUT2D eigenvalue weighted by atomic mass is 10.1. The Labute approximate surface area is 113 Å². The predicted molar refractivity (Wildman–Crippen MR) is 76.7 cm³/mol. The van der Waals surface area contributed by atoms with Crippen molar-refractivity contribution in [2.75, 3.05) is 18.5 Å². The van der Waals surface area contributed by atoms with E-state index in [0.29, 0.717) is 0 Å². The topological polar surface area (TPSA) is 33.2 Å². The van der Waals surface area contributed by atoms with E-state index in [4.69, 9.17) is 0 Å². The molecule has 1 heterocycles. The van der Waals surface area contributed by atoms with Crippen LogP contribution in [0.2, 0.25) is 0 Å². The van der Waals surface area contributed by atoms with Crippen molar-refractivity contribution in [2.45, 2.75) is 45.4 Å². The first-order valence-electron chi connectivity index (χ1n) is 6.90. The second-order valence-corrected chi connectivity index (χ2v) is 6.22. The van der Waals surface area contributed by atoms with Crippen molar-refractivity contribution in [1.29, 1.82) is 0 Å². The third-order valence-electron chi connectivity index (χ3n) is 3.64. The van der Waals surface area contributed by atoms with E-state index < -0.39 is 0 Å². The van der Waals surface area contributed by atoms with Crippen molar-refractivity contribution in [2.24, 2.45) is 5.92 Å². The van der Waals surface area contributed by atoms with E-state index in [1.54, 1.807) is 0 Å². The summed E-state index contributed by atoms with van der Waals surface area (Å²) >= 11 is 1.54. The number of carbonyl (C=O) groups is 1. The molecule has 4 heteroatoms. The first-order valence-corrected chi connectivity index (χ1v) is 7.72. The van der Waals surface area contributed by atoms with Crippen LogP contribution in [0.5, 0.6) is 0 Å². The van der Waals surface area contributed by atoms with Crippen LogP contribution in [0.25, 0.3) is 0 Å². The van der Waals surface area contributed by atoms with Crippen LogP contribution in [0.15, 0.2) is 0 Å². The molecule has 0 N–H and O–H groups in total. The Kier molecular flexibility index (Phi) is 4.75. The second kappa shape index (κ2) is 6.32. The molecule has 1 aromatic heterocycles. The van der Waals surface area contributed by atoms with Gasteiger partial charge in [0.2, 0.25) is 0 Å². The molecular weight excluding hydrogens is 244 g/mol. The van der Waals surface area contributed by atoms with Gasteiger partial charge >= 0.3 is 0 Å². The smallest absolute Gasteiger partial charge is 0.185 e. The maximum atomic E-state index is 11.0. The maximum absolute atomic E-state index is 11.0. The lowest BCUT2D eigenvalue weighted by molar-refractivity contribution is 0.112. The Morgan fingerprint density at radius 1 is 1.44 bits per heavy atom. The summed E-state index contributed by atoms with van der Waals surface area (Å²) in [7, 11) is 2.10. The molecule has 0 bridgehead atoms. The van der Waals surface area contributed by atoms with Crippen molar-refractivity contribution in [3.8, 4) is 0 Å². The Morgan fingerprint density at radius 3 is 2.78 bits per heavy atom. The van der Waals surface area contributed by atoms with Gasteiger partial charge in [-0.3, -0.25) is 4.79 Å². The number of aryl methyl sites for hydroxylation is 1. The number of hydrogen-bond donors (Lipinski definition) is 0. The van der Waals surface area contributed by atoms with Gasteiger partial charge in [-0.1, -0.05) is 37.5 Å². The number of carbonyl (C=O) groups excluding carboxylic acids is 1. The molecule has 100 valence electrons. The SMILES string of the molecule is CCCc1nc(N(C)CC2CCCC2)sc1C=O. The number of aldehydes is 1. The van der Waals surface area contributed by atoms with Crippen LogP contribution >= 0.6 is 11.3 Å². The van der Waals surface area contributed by atoms with Gasteiger partial charge in [0.1, 0.15) is 0 Å². The first kappa shape index (κ1) is 13.5. The van der Waals surface area contributed by atoms with Crippen LogP contribution in [0.1, 0.15) is 54.4 Å². The Balaban J connectivity index is 2.04. The highest BCUT2D eigenvalue weighted by Crippen LogP contribution is 2.29. The molecule has 1 saturated carbocycles. The zero-order valence-corrected chi connectivity index (χ0v) is 12.1. The van der Waals surface area contributed by atoms with Crippen LogP contribution in [0.3, 0.4) is 0 Å². The zero-order chi connectivity index (χ0) is 13.0. The third kappa shape index (κ3) is 3.10. The molecule has 1 aliphatic carbocycles. The van der Waals surface area contributed by atoms with Crippen molar-refractivity contribution < 1.29 is 4.79 Å². The fourth-order valence-corrected chi connectivity index (χ4v) is 3.58. The summed E-state index contributed by atoms with van der Waals surface area (Å²) < 4.78 is 0. The van der Waals surface area contributed by atoms with E-state index in [2.05, 4.69) is 23.9 Å². The summed E-state index contributed by atoms with van der Waals surface area (Å²) in [4.78, 5) is 18.7. The highest BCUT2D eigenvalue weighted by molar-refractivity contribution is 7.17. The Hall–Kier alpha value is -0.900. The van der Waals surface area contributed by atoms with Crippen molar-refractivity contribution in [1.82, 2.24) is 4.98 Å². The Morgan fingerprint density at radius 2 is 2.17 bits per heavy atom. The molecular formula is C14H22N2OS. The van der Waals surface area contributed by atoms with E-state index in [9.17, 15) is 4.79 Å². The number of aromatic nitrogens is 1. The largest absolute Gasteiger partial charge is 0.351 e. The molecule has 0 aliphatic heterocycles. The highest BCUT2D eigenvalue weighted by Gasteiger charge is 2.19. The van der Waals surface area contributed by atoms with Crippen LogP contribution in [0, 0.1) is 5.92 Å². The fourth-order valence-electron chi connectivity index (χ4n) is 2.68. The van der Waals surface area contributed by atoms with Gasteiger partial charge in [0.15, 0.2) is 11.4 Å². The third-order valence-corrected chi connectivity index (χ3v) is 4.78. The van der Waals surface area contributed by atoms with Gasteiger partial charge in [-0.25, -0.2) is 4.98 Å². The van der Waals surface area contributed by atoms with Crippen LogP contribution < -0.4 is 4.90 Å². The molecule has 1 aliphatic rings. The minimum Gasteiger partial charge on any atom is -0.351 e. The van der Waals surface area contributed by atoms with E-state index in [-0.39, 0.29) is 0 Å². The van der Waals surface area contributed by atoms with Gasteiger partial charge in [0.05, 0.1) is 10.6 Å². The molecule has 1 aromatic rings. The summed E-state index contributed by atoms with van der Waals surface area (Å²) in [6.07, 6.45) is 8.33. The lowest BCUT2D eigenvalue weighted by Crippen LogP contribution is -2.23. The highest BCUT2D eigenvalue weighted by atomic mass is 32.1. The number of nitrogens with zero attached hydrogens (tertiary/aromatic N) is 2. The van der Waals surface area contributed by atoms with Gasteiger partial charge in [-0.15, -0.1) is 0 Å². The van der Waals surface area contributed by atoms with Gasteiger partial charge < -0.3 is 4.90 Å². The van der Waals surface area contributed by atoms with Gasteiger partial charge in [-0.2, -0.15) is 0 Å². The number of hydrogen-bond acceptors (Lipinski definition) is 4. The first-order chi connectivity index (χ1) is 8.74. The summed E-state index contributed by atoms with van der Waals surface area (Å²) in [6.45, 7) is 3.20. The molecule has 0 saturated heterocycles. The van der Waals surface area contributed by atoms with E-state index in [0.717, 1.165) is 47.3 Å². The standard InChI is InChI=1S/C14H22N2OS/c1-3-6-12-13(10-17)18-14(15-12)16(2)9-11-7-4-5-8-11/h10-11H,3-9H2,1-2H3. The van der Waals surface area contributed by atoms with E-state index >= 15 is 0 Å². The molecule has 0 spiro atoms. The molecule has 0 aromatic carbocycles. The van der Waals surface area contributed by atoms with Gasteiger partial charge in [0, 0.05) is 13.6 Å². The van der Waals surface area contributed by atoms with Crippen molar-refractivity contribution in [3.05, 3.63) is 10.6 Å². The zero-order valence-electron chi connectivity index (χ0n) is 11.3. The monoisotopic (exact) mass is 266 g/mol. The molecule has 0 amide bonds. The predicted octanol–water partition coefficient (Wildman–Crippen LogP) is 3.53. The fraction of sp³-hybridized carbons (Fsp3) is 0.714. The Bertz CT molecular complexity index is 396. The summed E-state index contributed by atoms with van der Waals surface area (Å²) in [5.74, 6) is 0.813. The summed E-state index contributed by atoms with van der Waals surface area (Å²) in [6, 6.07) is 0. The molecule has 3 nitrogen and oxygen atoms in total. The van der Waals surface area contributed by atoms with Crippen molar-refractivity contribution >= 4 is 22.8 Å². The van der Waals surface area contributed by atoms with Crippen LogP contribution in [0.4, 0.5) is 5.13 Å². The van der Waals surface area contributed by atoms with Crippen molar-refractivity contribution in [3.63, 3.8) is 0 Å². The number of anilines is 1. The molecule has 1 fully saturated rings. The van der Waals surface area contributed by atoms with Gasteiger partial charge in [-0.05, 0) is 25.2 Å². The average Bonchev–Trinajstić information content (AvgIpc) is 2.98. The lowest BCUT2D eigenvalue weighted by Gasteiger charge is -2.19. The molecule has 2 rings (SSSR count). The second-order valence-electron chi connectivity index (χ2n) is 5.21. The normalized spacial score (nSPS) is 16.1. The number of thiazole rings is 1. The summed E-state index contributed by atoms with van der Waals surface area (Å²) in [5, 5.41) is 1.01. The van der Waals surface area contributed by atoms with Crippen LogP contribution in [-0.4, -0.2) is 24.9 Å². The quantitative estimate of drug-likeness (QED) is 0.738. The molecule has 18 heavy (non-hydrogen) atoms. The molecule has 0 radical (unpaired) electrons. The van der Waals surface area contributed by atoms with Gasteiger partial charge in [0.25, 0.3) is 0 Å². The van der Waals surface area contributed by atoms with E-state index in [1.807, 2.05) is 0 Å². The van der Waals surface area contributed by atoms with Crippen LogP contribution in [-0.2, 0) is 6.42 Å². The average molecular weight is 266 g/mol. The minimum absolute atomic E-state index is 0.810. The molecule has 0 atom stereocenters. The minimum atomic E-state index is 0.810. The maximum Gasteiger partial charge on any atom is 0.185 e. The summed E-state index contributed by atoms with van der Waals surface area (Å²) in [5.41, 5.74) is 0.978. The number of rotatable bonds is 6. The molecule has 0 unspecified atom stereocenters.